The van der Waals surface area contributed by atoms with E-state index in [1.807, 2.05) is 6.07 Å². The van der Waals surface area contributed by atoms with Gasteiger partial charge in [0.05, 0.1) is 4.90 Å². The van der Waals surface area contributed by atoms with Crippen LogP contribution in [-0.4, -0.2) is 26.9 Å². The second-order valence-corrected chi connectivity index (χ2v) is 8.47. The molecule has 1 N–H and O–H groups in total. The summed E-state index contributed by atoms with van der Waals surface area (Å²) in [6.07, 6.45) is 4.67. The number of carbonyl (C=O) groups is 1. The van der Waals surface area contributed by atoms with Crippen molar-refractivity contribution < 1.29 is 13.2 Å². The molecule has 2 aliphatic rings. The summed E-state index contributed by atoms with van der Waals surface area (Å²) in [5.41, 5.74) is 1.71. The van der Waals surface area contributed by atoms with Crippen molar-refractivity contribution >= 4 is 37.5 Å². The molecule has 1 aromatic carbocycles. The lowest BCUT2D eigenvalue weighted by molar-refractivity contribution is -0.116. The lowest BCUT2D eigenvalue weighted by atomic mass is 10.2. The number of anilines is 1. The Morgan fingerprint density at radius 2 is 2.00 bits per heavy atom. The highest BCUT2D eigenvalue weighted by atomic mass is 79.9. The normalized spacial score (nSPS) is 18.7. The molecule has 1 heterocycles. The van der Waals surface area contributed by atoms with E-state index in [4.69, 9.17) is 0 Å². The summed E-state index contributed by atoms with van der Waals surface area (Å²) in [5, 5.41) is 0. The Balaban J connectivity index is 1.97. The van der Waals surface area contributed by atoms with Crippen LogP contribution in [-0.2, 0) is 21.2 Å². The first-order chi connectivity index (χ1) is 10.4. The number of halogens is 1. The van der Waals surface area contributed by atoms with Crippen molar-refractivity contribution in [2.45, 2.75) is 50.0 Å². The quantitative estimate of drug-likeness (QED) is 0.867. The highest BCUT2D eigenvalue weighted by Crippen LogP contribution is 2.35. The fourth-order valence-electron chi connectivity index (χ4n) is 3.25. The van der Waals surface area contributed by atoms with E-state index in [-0.39, 0.29) is 16.8 Å². The monoisotopic (exact) mass is 386 g/mol. The number of nitrogens with zero attached hydrogens (tertiary/aromatic N) is 1. The molecule has 120 valence electrons. The van der Waals surface area contributed by atoms with Gasteiger partial charge in [-0.25, -0.2) is 13.1 Å². The lowest BCUT2D eigenvalue weighted by Crippen LogP contribution is -2.33. The van der Waals surface area contributed by atoms with Gasteiger partial charge in [0.2, 0.25) is 15.9 Å². The highest BCUT2D eigenvalue weighted by molar-refractivity contribution is 9.10. The summed E-state index contributed by atoms with van der Waals surface area (Å²) < 4.78 is 28.6. The van der Waals surface area contributed by atoms with E-state index >= 15 is 0 Å². The van der Waals surface area contributed by atoms with Gasteiger partial charge in [-0.2, -0.15) is 0 Å². The van der Waals surface area contributed by atoms with E-state index in [9.17, 15) is 13.2 Å². The molecule has 0 unspecified atom stereocenters. The highest BCUT2D eigenvalue weighted by Gasteiger charge is 2.29. The minimum Gasteiger partial charge on any atom is -0.312 e. The van der Waals surface area contributed by atoms with Gasteiger partial charge >= 0.3 is 0 Å². The van der Waals surface area contributed by atoms with Crippen LogP contribution in [0.15, 0.2) is 21.5 Å². The number of rotatable bonds is 3. The standard InChI is InChI=1S/C15H19BrN2O3S/c1-10(19)18-7-6-11-8-13(16)15(9-14(11)18)22(20,21)17-12-4-2-3-5-12/h8-9,12,17H,2-7H2,1H3. The summed E-state index contributed by atoms with van der Waals surface area (Å²) in [6.45, 7) is 2.11. The van der Waals surface area contributed by atoms with E-state index in [0.29, 0.717) is 16.7 Å². The predicted molar refractivity (Wildman–Crippen MR) is 88.5 cm³/mol. The number of nitrogens with one attached hydrogen (secondary N) is 1. The molecule has 0 aromatic heterocycles. The minimum atomic E-state index is -3.58. The van der Waals surface area contributed by atoms with E-state index in [1.54, 1.807) is 11.0 Å². The molecule has 1 amide bonds. The van der Waals surface area contributed by atoms with Crippen LogP contribution in [0.5, 0.6) is 0 Å². The molecule has 7 heteroatoms. The fourth-order valence-corrected chi connectivity index (χ4v) is 5.66. The van der Waals surface area contributed by atoms with Crippen molar-refractivity contribution in [1.82, 2.24) is 4.72 Å². The lowest BCUT2D eigenvalue weighted by Gasteiger charge is -2.18. The zero-order valence-corrected chi connectivity index (χ0v) is 14.8. The smallest absolute Gasteiger partial charge is 0.242 e. The van der Waals surface area contributed by atoms with Crippen molar-refractivity contribution in [3.63, 3.8) is 0 Å². The number of benzene rings is 1. The van der Waals surface area contributed by atoms with Crippen molar-refractivity contribution in [1.29, 1.82) is 0 Å². The van der Waals surface area contributed by atoms with Crippen molar-refractivity contribution in [2.75, 3.05) is 11.4 Å². The largest absolute Gasteiger partial charge is 0.312 e. The zero-order chi connectivity index (χ0) is 15.9. The average Bonchev–Trinajstić information content (AvgIpc) is 3.05. The fraction of sp³-hybridized carbons (Fsp3) is 0.533. The van der Waals surface area contributed by atoms with Crippen LogP contribution in [0.4, 0.5) is 5.69 Å². The maximum Gasteiger partial charge on any atom is 0.242 e. The van der Waals surface area contributed by atoms with E-state index < -0.39 is 10.0 Å². The van der Waals surface area contributed by atoms with Gasteiger partial charge in [-0.1, -0.05) is 12.8 Å². The van der Waals surface area contributed by atoms with E-state index in [0.717, 1.165) is 37.7 Å². The molecule has 1 saturated carbocycles. The van der Waals surface area contributed by atoms with Gasteiger partial charge in [-0.05, 0) is 52.9 Å². The SMILES string of the molecule is CC(=O)N1CCc2cc(Br)c(S(=O)(=O)NC3CCCC3)cc21. The van der Waals surface area contributed by atoms with Crippen LogP contribution in [0, 0.1) is 0 Å². The van der Waals surface area contributed by atoms with Crippen LogP contribution >= 0.6 is 15.9 Å². The Morgan fingerprint density at radius 3 is 2.64 bits per heavy atom. The minimum absolute atomic E-state index is 0.0223. The summed E-state index contributed by atoms with van der Waals surface area (Å²) in [5.74, 6) is -0.0619. The van der Waals surface area contributed by atoms with E-state index in [2.05, 4.69) is 20.7 Å². The van der Waals surface area contributed by atoms with Crippen molar-refractivity contribution in [3.8, 4) is 0 Å². The Kier molecular flexibility index (Phi) is 4.31. The van der Waals surface area contributed by atoms with Crippen LogP contribution in [0.1, 0.15) is 38.2 Å². The first-order valence-electron chi connectivity index (χ1n) is 7.51. The maximum absolute atomic E-state index is 12.6. The molecule has 1 aliphatic heterocycles. The van der Waals surface area contributed by atoms with Gasteiger partial charge in [0, 0.05) is 29.7 Å². The summed E-state index contributed by atoms with van der Waals surface area (Å²) in [7, 11) is -3.58. The Hall–Kier alpha value is -0.920. The Morgan fingerprint density at radius 1 is 1.32 bits per heavy atom. The van der Waals surface area contributed by atoms with Crippen LogP contribution in [0.3, 0.4) is 0 Å². The molecular formula is C15H19BrN2O3S. The number of sulfonamides is 1. The molecule has 5 nitrogen and oxygen atoms in total. The van der Waals surface area contributed by atoms with Gasteiger partial charge in [-0.3, -0.25) is 4.79 Å². The third-order valence-electron chi connectivity index (χ3n) is 4.38. The predicted octanol–water partition coefficient (Wildman–Crippen LogP) is 2.58. The third kappa shape index (κ3) is 2.94. The topological polar surface area (TPSA) is 66.5 Å². The van der Waals surface area contributed by atoms with Crippen LogP contribution in [0.25, 0.3) is 0 Å². The van der Waals surface area contributed by atoms with Crippen LogP contribution in [0.2, 0.25) is 0 Å². The zero-order valence-electron chi connectivity index (χ0n) is 12.4. The second kappa shape index (κ2) is 5.94. The molecule has 3 rings (SSSR count). The van der Waals surface area contributed by atoms with Gasteiger partial charge in [-0.15, -0.1) is 0 Å². The first-order valence-corrected chi connectivity index (χ1v) is 9.79. The Labute approximate surface area is 139 Å². The summed E-state index contributed by atoms with van der Waals surface area (Å²) >= 11 is 3.37. The third-order valence-corrected chi connectivity index (χ3v) is 6.85. The van der Waals surface area contributed by atoms with Gasteiger partial charge < -0.3 is 4.90 Å². The summed E-state index contributed by atoms with van der Waals surface area (Å²) in [4.78, 5) is 13.5. The molecule has 0 saturated heterocycles. The van der Waals surface area contributed by atoms with Gasteiger partial charge in [0.1, 0.15) is 0 Å². The molecule has 0 bridgehead atoms. The van der Waals surface area contributed by atoms with Crippen molar-refractivity contribution in [3.05, 3.63) is 22.2 Å². The molecular weight excluding hydrogens is 368 g/mol. The molecule has 22 heavy (non-hydrogen) atoms. The van der Waals surface area contributed by atoms with Crippen molar-refractivity contribution in [2.24, 2.45) is 0 Å². The Bertz CT molecular complexity index is 712. The summed E-state index contributed by atoms with van der Waals surface area (Å²) in [6, 6.07) is 3.46. The number of fused-ring (bicyclic) bond motifs is 1. The molecule has 1 aliphatic carbocycles. The molecule has 0 spiro atoms. The van der Waals surface area contributed by atoms with E-state index in [1.165, 1.54) is 6.92 Å². The van der Waals surface area contributed by atoms with Gasteiger partial charge in [0.25, 0.3) is 0 Å². The molecule has 0 radical (unpaired) electrons. The maximum atomic E-state index is 12.6. The van der Waals surface area contributed by atoms with Crippen LogP contribution < -0.4 is 9.62 Å². The second-order valence-electron chi connectivity index (χ2n) is 5.93. The number of carbonyl (C=O) groups excluding carboxylic acids is 1. The number of amides is 1. The van der Waals surface area contributed by atoms with Gasteiger partial charge in [0.15, 0.2) is 0 Å². The average molecular weight is 387 g/mol. The molecule has 1 fully saturated rings. The first kappa shape index (κ1) is 16.0. The number of hydrogen-bond acceptors (Lipinski definition) is 3. The molecule has 1 aromatic rings. The number of hydrogen-bond donors (Lipinski definition) is 1. The molecule has 0 atom stereocenters.